The first-order valence-electron chi connectivity index (χ1n) is 7.03. The van der Waals surface area contributed by atoms with Crippen molar-refractivity contribution in [1.82, 2.24) is 0 Å². The number of methoxy groups -OCH3 is 2. The summed E-state index contributed by atoms with van der Waals surface area (Å²) in [6, 6.07) is 5.86. The molecule has 108 valence electrons. The minimum Gasteiger partial charge on any atom is -0.497 e. The smallest absolute Gasteiger partial charge is 0.127 e. The van der Waals surface area contributed by atoms with Gasteiger partial charge in [-0.25, -0.2) is 0 Å². The van der Waals surface area contributed by atoms with Gasteiger partial charge < -0.3 is 9.47 Å². The van der Waals surface area contributed by atoms with E-state index in [0.29, 0.717) is 5.92 Å². The zero-order chi connectivity index (χ0) is 14.3. The summed E-state index contributed by atoms with van der Waals surface area (Å²) in [4.78, 5) is 0. The van der Waals surface area contributed by atoms with Crippen molar-refractivity contribution >= 4 is 11.6 Å². The standard InChI is InChI=1S/C16H25ClO2/c1-5-7-8-12(6-2)16(17)14-10-9-13(18-3)11-15(14)19-4/h9-12,16H,5-8H2,1-4H3. The van der Waals surface area contributed by atoms with Crippen LogP contribution >= 0.6 is 11.6 Å². The molecule has 3 heteroatoms. The van der Waals surface area contributed by atoms with E-state index < -0.39 is 0 Å². The van der Waals surface area contributed by atoms with Crippen LogP contribution in [-0.4, -0.2) is 14.2 Å². The Morgan fingerprint density at radius 3 is 2.42 bits per heavy atom. The minimum atomic E-state index is -0.00240. The fraction of sp³-hybridized carbons (Fsp3) is 0.625. The zero-order valence-corrected chi connectivity index (χ0v) is 13.2. The van der Waals surface area contributed by atoms with Crippen LogP contribution < -0.4 is 9.47 Å². The summed E-state index contributed by atoms with van der Waals surface area (Å²) in [5.74, 6) is 2.10. The van der Waals surface area contributed by atoms with Crippen LogP contribution in [0.4, 0.5) is 0 Å². The number of hydrogen-bond acceptors (Lipinski definition) is 2. The van der Waals surface area contributed by atoms with Gasteiger partial charge in [-0.05, 0) is 18.4 Å². The predicted octanol–water partition coefficient (Wildman–Crippen LogP) is 5.20. The van der Waals surface area contributed by atoms with Gasteiger partial charge in [-0.3, -0.25) is 0 Å². The Balaban J connectivity index is 2.93. The highest BCUT2D eigenvalue weighted by Gasteiger charge is 2.22. The third-order valence-electron chi connectivity index (χ3n) is 3.60. The van der Waals surface area contributed by atoms with Crippen LogP contribution in [0.15, 0.2) is 18.2 Å². The Hall–Kier alpha value is -0.890. The summed E-state index contributed by atoms with van der Waals surface area (Å²) in [6.45, 7) is 4.41. The molecule has 0 radical (unpaired) electrons. The van der Waals surface area contributed by atoms with Gasteiger partial charge in [-0.2, -0.15) is 0 Å². The lowest BCUT2D eigenvalue weighted by molar-refractivity contribution is 0.380. The summed E-state index contributed by atoms with van der Waals surface area (Å²) in [7, 11) is 3.33. The van der Waals surface area contributed by atoms with Crippen LogP contribution in [0.3, 0.4) is 0 Å². The van der Waals surface area contributed by atoms with E-state index in [0.717, 1.165) is 29.9 Å². The highest BCUT2D eigenvalue weighted by atomic mass is 35.5. The van der Waals surface area contributed by atoms with Crippen molar-refractivity contribution in [2.75, 3.05) is 14.2 Å². The zero-order valence-electron chi connectivity index (χ0n) is 12.4. The molecule has 0 N–H and O–H groups in total. The van der Waals surface area contributed by atoms with Gasteiger partial charge in [-0.15, -0.1) is 11.6 Å². The molecule has 0 bridgehead atoms. The van der Waals surface area contributed by atoms with Gasteiger partial charge in [0.1, 0.15) is 11.5 Å². The van der Waals surface area contributed by atoms with E-state index in [1.165, 1.54) is 12.8 Å². The second-order valence-corrected chi connectivity index (χ2v) is 5.29. The lowest BCUT2D eigenvalue weighted by Crippen LogP contribution is -2.08. The van der Waals surface area contributed by atoms with Crippen molar-refractivity contribution in [1.29, 1.82) is 0 Å². The van der Waals surface area contributed by atoms with Gasteiger partial charge in [0.25, 0.3) is 0 Å². The fourth-order valence-corrected chi connectivity index (χ4v) is 2.81. The third-order valence-corrected chi connectivity index (χ3v) is 4.20. The van der Waals surface area contributed by atoms with Crippen molar-refractivity contribution in [2.45, 2.75) is 44.9 Å². The second-order valence-electron chi connectivity index (χ2n) is 4.82. The van der Waals surface area contributed by atoms with Gasteiger partial charge >= 0.3 is 0 Å². The molecule has 0 heterocycles. The molecule has 0 saturated carbocycles. The van der Waals surface area contributed by atoms with E-state index in [1.54, 1.807) is 14.2 Å². The molecule has 1 aromatic carbocycles. The quantitative estimate of drug-likeness (QED) is 0.611. The summed E-state index contributed by atoms with van der Waals surface area (Å²) < 4.78 is 10.7. The number of unbranched alkanes of at least 4 members (excludes halogenated alkanes) is 1. The molecule has 2 nitrogen and oxygen atoms in total. The predicted molar refractivity (Wildman–Crippen MR) is 81.4 cm³/mol. The van der Waals surface area contributed by atoms with Crippen molar-refractivity contribution in [3.8, 4) is 11.5 Å². The van der Waals surface area contributed by atoms with E-state index in [4.69, 9.17) is 21.1 Å². The SMILES string of the molecule is CCCCC(CC)C(Cl)c1ccc(OC)cc1OC. The summed E-state index contributed by atoms with van der Waals surface area (Å²) in [5, 5.41) is -0.00240. The largest absolute Gasteiger partial charge is 0.497 e. The maximum atomic E-state index is 6.67. The first-order valence-corrected chi connectivity index (χ1v) is 7.47. The molecule has 0 aromatic heterocycles. The molecular weight excluding hydrogens is 260 g/mol. The molecule has 0 aliphatic heterocycles. The molecule has 0 fully saturated rings. The fourth-order valence-electron chi connectivity index (χ4n) is 2.32. The van der Waals surface area contributed by atoms with Gasteiger partial charge in [0.2, 0.25) is 0 Å². The van der Waals surface area contributed by atoms with E-state index >= 15 is 0 Å². The number of ether oxygens (including phenoxy) is 2. The van der Waals surface area contributed by atoms with Gasteiger partial charge in [0, 0.05) is 11.6 Å². The van der Waals surface area contributed by atoms with E-state index in [1.807, 2.05) is 18.2 Å². The van der Waals surface area contributed by atoms with Crippen LogP contribution in [0.1, 0.15) is 50.5 Å². The van der Waals surface area contributed by atoms with Crippen LogP contribution in [0.2, 0.25) is 0 Å². The van der Waals surface area contributed by atoms with Crippen LogP contribution in [0.5, 0.6) is 11.5 Å². The van der Waals surface area contributed by atoms with Crippen molar-refractivity contribution in [3.05, 3.63) is 23.8 Å². The Kier molecular flexibility index (Phi) is 7.07. The summed E-state index contributed by atoms with van der Waals surface area (Å²) in [6.07, 6.45) is 4.68. The van der Waals surface area contributed by atoms with Crippen LogP contribution in [0.25, 0.3) is 0 Å². The lowest BCUT2D eigenvalue weighted by atomic mass is 9.91. The number of halogens is 1. The highest BCUT2D eigenvalue weighted by Crippen LogP contribution is 2.40. The normalized spacial score (nSPS) is 13.9. The number of rotatable bonds is 8. The number of benzene rings is 1. The Labute approximate surface area is 122 Å². The molecule has 0 spiro atoms. The molecule has 19 heavy (non-hydrogen) atoms. The molecule has 1 rings (SSSR count). The van der Waals surface area contributed by atoms with Gasteiger partial charge in [0.15, 0.2) is 0 Å². The van der Waals surface area contributed by atoms with Gasteiger partial charge in [0.05, 0.1) is 19.6 Å². The Morgan fingerprint density at radius 1 is 1.16 bits per heavy atom. The average Bonchev–Trinajstić information content (AvgIpc) is 2.46. The molecule has 0 saturated heterocycles. The molecular formula is C16H25ClO2. The van der Waals surface area contributed by atoms with E-state index in [-0.39, 0.29) is 5.38 Å². The van der Waals surface area contributed by atoms with E-state index in [9.17, 15) is 0 Å². The van der Waals surface area contributed by atoms with Crippen molar-refractivity contribution in [2.24, 2.45) is 5.92 Å². The summed E-state index contributed by atoms with van der Waals surface area (Å²) in [5.41, 5.74) is 1.06. The molecule has 1 aromatic rings. The molecule has 2 unspecified atom stereocenters. The van der Waals surface area contributed by atoms with Crippen molar-refractivity contribution < 1.29 is 9.47 Å². The average molecular weight is 285 g/mol. The molecule has 0 amide bonds. The van der Waals surface area contributed by atoms with Crippen LogP contribution in [0, 0.1) is 5.92 Å². The maximum Gasteiger partial charge on any atom is 0.127 e. The second kappa shape index (κ2) is 8.31. The topological polar surface area (TPSA) is 18.5 Å². The molecule has 0 aliphatic carbocycles. The Bertz CT molecular complexity index is 379. The van der Waals surface area contributed by atoms with E-state index in [2.05, 4.69) is 13.8 Å². The van der Waals surface area contributed by atoms with Crippen molar-refractivity contribution in [3.63, 3.8) is 0 Å². The summed E-state index contributed by atoms with van der Waals surface area (Å²) >= 11 is 6.67. The first kappa shape index (κ1) is 16.2. The monoisotopic (exact) mass is 284 g/mol. The maximum absolute atomic E-state index is 6.67. The first-order chi connectivity index (χ1) is 9.17. The Morgan fingerprint density at radius 2 is 1.89 bits per heavy atom. The molecule has 0 aliphatic rings. The third kappa shape index (κ3) is 4.31. The van der Waals surface area contributed by atoms with Gasteiger partial charge in [-0.1, -0.05) is 39.2 Å². The van der Waals surface area contributed by atoms with Crippen LogP contribution in [-0.2, 0) is 0 Å². The number of hydrogen-bond donors (Lipinski definition) is 0. The minimum absolute atomic E-state index is 0.00240. The molecule has 2 atom stereocenters. The lowest BCUT2D eigenvalue weighted by Gasteiger charge is -2.23. The highest BCUT2D eigenvalue weighted by molar-refractivity contribution is 6.21. The number of alkyl halides is 1.